The molecular formula is C21H24N4O2S. The van der Waals surface area contributed by atoms with Gasteiger partial charge in [0.05, 0.1) is 19.4 Å². The van der Waals surface area contributed by atoms with Crippen LogP contribution in [0.5, 0.6) is 5.75 Å². The molecule has 28 heavy (non-hydrogen) atoms. The smallest absolute Gasteiger partial charge is 0.227 e. The van der Waals surface area contributed by atoms with Gasteiger partial charge in [0, 0.05) is 29.7 Å². The molecule has 0 aliphatic heterocycles. The molecule has 6 nitrogen and oxygen atoms in total. The van der Waals surface area contributed by atoms with Crippen LogP contribution >= 0.6 is 11.9 Å². The summed E-state index contributed by atoms with van der Waals surface area (Å²) in [4.78, 5) is 8.97. The minimum Gasteiger partial charge on any atom is -0.496 e. The first kappa shape index (κ1) is 20.1. The van der Waals surface area contributed by atoms with E-state index in [0.29, 0.717) is 12.5 Å². The Hall–Kier alpha value is -2.61. The summed E-state index contributed by atoms with van der Waals surface area (Å²) in [7, 11) is 3.63. The van der Waals surface area contributed by atoms with Crippen LogP contribution in [0.4, 0.5) is 11.6 Å². The van der Waals surface area contributed by atoms with Gasteiger partial charge in [-0.25, -0.2) is 9.97 Å². The van der Waals surface area contributed by atoms with E-state index < -0.39 is 0 Å². The molecular weight excluding hydrogens is 372 g/mol. The number of nitrogens with zero attached hydrogens (tertiary/aromatic N) is 3. The topological polar surface area (TPSA) is 70.5 Å². The number of anilines is 2. The molecule has 0 fully saturated rings. The van der Waals surface area contributed by atoms with E-state index >= 15 is 0 Å². The standard InChI is InChI=1S/C21H24N4O2S/c1-25(12-13-26)28-15-16-6-5-7-17(14-16)23-21-22-11-10-19(24-21)18-8-3-4-9-20(18)27-2/h3-11,14,26H,12-13,15H2,1-2H3,(H,22,23,24). The highest BCUT2D eigenvalue weighted by atomic mass is 32.2. The van der Waals surface area contributed by atoms with Crippen LogP contribution in [0, 0.1) is 0 Å². The fourth-order valence-electron chi connectivity index (χ4n) is 2.68. The maximum Gasteiger partial charge on any atom is 0.227 e. The van der Waals surface area contributed by atoms with Crippen molar-refractivity contribution in [2.24, 2.45) is 0 Å². The Bertz CT molecular complexity index is 907. The highest BCUT2D eigenvalue weighted by Gasteiger charge is 2.08. The molecule has 3 rings (SSSR count). The maximum absolute atomic E-state index is 8.99. The summed E-state index contributed by atoms with van der Waals surface area (Å²) in [5.74, 6) is 2.14. The molecule has 0 radical (unpaired) electrons. The van der Waals surface area contributed by atoms with Crippen molar-refractivity contribution >= 4 is 23.6 Å². The number of rotatable bonds is 9. The lowest BCUT2D eigenvalue weighted by Gasteiger charge is -2.14. The molecule has 1 aromatic heterocycles. The van der Waals surface area contributed by atoms with Gasteiger partial charge in [-0.1, -0.05) is 36.2 Å². The van der Waals surface area contributed by atoms with Crippen molar-refractivity contribution in [3.63, 3.8) is 0 Å². The van der Waals surface area contributed by atoms with Crippen LogP contribution in [0.2, 0.25) is 0 Å². The number of aromatic nitrogens is 2. The van der Waals surface area contributed by atoms with E-state index in [1.54, 1.807) is 25.3 Å². The number of nitrogens with one attached hydrogen (secondary N) is 1. The van der Waals surface area contributed by atoms with E-state index in [-0.39, 0.29) is 6.61 Å². The molecule has 0 aliphatic carbocycles. The lowest BCUT2D eigenvalue weighted by Crippen LogP contribution is -2.14. The Kier molecular flexibility index (Phi) is 7.25. The second kappa shape index (κ2) is 10.1. The van der Waals surface area contributed by atoms with Crippen LogP contribution in [0.25, 0.3) is 11.3 Å². The van der Waals surface area contributed by atoms with Gasteiger partial charge in [0.25, 0.3) is 0 Å². The predicted octanol–water partition coefficient (Wildman–Crippen LogP) is 3.97. The lowest BCUT2D eigenvalue weighted by molar-refractivity contribution is 0.273. The van der Waals surface area contributed by atoms with Crippen molar-refractivity contribution in [2.45, 2.75) is 5.75 Å². The van der Waals surface area contributed by atoms with E-state index in [1.165, 1.54) is 5.56 Å². The summed E-state index contributed by atoms with van der Waals surface area (Å²) in [6, 6.07) is 17.8. The van der Waals surface area contributed by atoms with Crippen LogP contribution in [0.15, 0.2) is 60.8 Å². The number of para-hydroxylation sites is 1. The number of hydrogen-bond acceptors (Lipinski definition) is 7. The Labute approximate surface area is 169 Å². The first-order chi connectivity index (χ1) is 13.7. The van der Waals surface area contributed by atoms with Gasteiger partial charge in [-0.3, -0.25) is 4.31 Å². The average molecular weight is 397 g/mol. The molecule has 0 spiro atoms. The average Bonchev–Trinajstić information content (AvgIpc) is 2.73. The monoisotopic (exact) mass is 396 g/mol. The van der Waals surface area contributed by atoms with E-state index in [2.05, 4.69) is 27.4 Å². The number of likely N-dealkylation sites (N-methyl/N-ethyl adjacent to an activating group) is 1. The van der Waals surface area contributed by atoms with Gasteiger partial charge in [-0.2, -0.15) is 0 Å². The van der Waals surface area contributed by atoms with Crippen molar-refractivity contribution in [1.82, 2.24) is 14.3 Å². The van der Waals surface area contributed by atoms with Crippen LogP contribution in [-0.2, 0) is 5.75 Å². The number of aliphatic hydroxyl groups is 1. The number of methoxy groups -OCH3 is 1. The van der Waals surface area contributed by atoms with Crippen LogP contribution in [0.3, 0.4) is 0 Å². The number of hydrogen-bond donors (Lipinski definition) is 2. The second-order valence-electron chi connectivity index (χ2n) is 6.14. The highest BCUT2D eigenvalue weighted by Crippen LogP contribution is 2.28. The normalized spacial score (nSPS) is 10.9. The zero-order chi connectivity index (χ0) is 19.8. The molecule has 0 aliphatic rings. The molecule has 2 N–H and O–H groups in total. The zero-order valence-electron chi connectivity index (χ0n) is 16.0. The number of ether oxygens (including phenoxy) is 1. The third-order valence-electron chi connectivity index (χ3n) is 4.09. The van der Waals surface area contributed by atoms with E-state index in [4.69, 9.17) is 9.84 Å². The lowest BCUT2D eigenvalue weighted by atomic mass is 10.1. The molecule has 0 bridgehead atoms. The highest BCUT2D eigenvalue weighted by molar-refractivity contribution is 7.96. The maximum atomic E-state index is 8.99. The summed E-state index contributed by atoms with van der Waals surface area (Å²) in [5.41, 5.74) is 3.83. The predicted molar refractivity (Wildman–Crippen MR) is 115 cm³/mol. The van der Waals surface area contributed by atoms with Crippen molar-refractivity contribution in [3.8, 4) is 17.0 Å². The molecule has 1 heterocycles. The Morgan fingerprint density at radius 2 is 2.00 bits per heavy atom. The van der Waals surface area contributed by atoms with Crippen molar-refractivity contribution in [3.05, 3.63) is 66.4 Å². The zero-order valence-corrected chi connectivity index (χ0v) is 16.8. The quantitative estimate of drug-likeness (QED) is 0.530. The second-order valence-corrected chi connectivity index (χ2v) is 7.31. The summed E-state index contributed by atoms with van der Waals surface area (Å²) < 4.78 is 7.46. The van der Waals surface area contributed by atoms with Gasteiger partial charge in [-0.15, -0.1) is 0 Å². The van der Waals surface area contributed by atoms with Crippen LogP contribution < -0.4 is 10.1 Å². The molecule has 3 aromatic rings. The molecule has 0 saturated heterocycles. The Morgan fingerprint density at radius 3 is 2.82 bits per heavy atom. The van der Waals surface area contributed by atoms with Gasteiger partial charge in [-0.05, 0) is 42.9 Å². The van der Waals surface area contributed by atoms with Crippen LogP contribution in [0.1, 0.15) is 5.56 Å². The fourth-order valence-corrected chi connectivity index (χ4v) is 3.44. The fraction of sp³-hybridized carbons (Fsp3) is 0.238. The van der Waals surface area contributed by atoms with E-state index in [0.717, 1.165) is 28.4 Å². The molecule has 0 atom stereocenters. The van der Waals surface area contributed by atoms with Gasteiger partial charge in [0.1, 0.15) is 5.75 Å². The third-order valence-corrected chi connectivity index (χ3v) is 5.17. The largest absolute Gasteiger partial charge is 0.496 e. The van der Waals surface area contributed by atoms with Crippen molar-refractivity contribution < 1.29 is 9.84 Å². The molecule has 0 amide bonds. The van der Waals surface area contributed by atoms with Gasteiger partial charge >= 0.3 is 0 Å². The number of aliphatic hydroxyl groups excluding tert-OH is 1. The Balaban J connectivity index is 1.73. The van der Waals surface area contributed by atoms with Crippen LogP contribution in [-0.4, -0.2) is 46.7 Å². The summed E-state index contributed by atoms with van der Waals surface area (Å²) in [6.45, 7) is 0.803. The van der Waals surface area contributed by atoms with Gasteiger partial charge < -0.3 is 15.2 Å². The van der Waals surface area contributed by atoms with Gasteiger partial charge in [0.2, 0.25) is 5.95 Å². The first-order valence-corrected chi connectivity index (χ1v) is 9.91. The molecule has 146 valence electrons. The SMILES string of the molecule is COc1ccccc1-c1ccnc(Nc2cccc(CSN(C)CCO)c2)n1. The van der Waals surface area contributed by atoms with Crippen molar-refractivity contribution in [1.29, 1.82) is 0 Å². The summed E-state index contributed by atoms with van der Waals surface area (Å²) in [6.07, 6.45) is 1.74. The first-order valence-electron chi connectivity index (χ1n) is 8.97. The summed E-state index contributed by atoms with van der Waals surface area (Å²) >= 11 is 1.67. The summed E-state index contributed by atoms with van der Waals surface area (Å²) in [5, 5.41) is 12.3. The molecule has 7 heteroatoms. The number of benzene rings is 2. The minimum atomic E-state index is 0.158. The Morgan fingerprint density at radius 1 is 1.14 bits per heavy atom. The molecule has 0 unspecified atom stereocenters. The third kappa shape index (κ3) is 5.45. The molecule has 0 saturated carbocycles. The minimum absolute atomic E-state index is 0.158. The van der Waals surface area contributed by atoms with Crippen molar-refractivity contribution in [2.75, 3.05) is 32.6 Å². The molecule has 2 aromatic carbocycles. The van der Waals surface area contributed by atoms with E-state index in [9.17, 15) is 0 Å². The van der Waals surface area contributed by atoms with Gasteiger partial charge in [0.15, 0.2) is 0 Å². The van der Waals surface area contributed by atoms with E-state index in [1.807, 2.05) is 53.8 Å².